The van der Waals surface area contributed by atoms with Gasteiger partial charge in [-0.15, -0.1) is 0 Å². The monoisotopic (exact) mass is 450 g/mol. The highest BCUT2D eigenvalue weighted by atomic mass is 15.1. The molecule has 1 aliphatic carbocycles. The maximum Gasteiger partial charge on any atom is 0.123 e. The predicted octanol–water partition coefficient (Wildman–Crippen LogP) is 5.37. The lowest BCUT2D eigenvalue weighted by Gasteiger charge is -2.09. The van der Waals surface area contributed by atoms with Gasteiger partial charge in [-0.05, 0) is 60.8 Å². The van der Waals surface area contributed by atoms with Gasteiger partial charge in [0, 0.05) is 12.1 Å². The van der Waals surface area contributed by atoms with Crippen molar-refractivity contribution in [1.29, 1.82) is 0 Å². The van der Waals surface area contributed by atoms with E-state index in [0.29, 0.717) is 18.1 Å². The van der Waals surface area contributed by atoms with Gasteiger partial charge in [-0.2, -0.15) is 0 Å². The largest absolute Gasteiger partial charge is 0.341 e. The molecule has 0 radical (unpaired) electrons. The number of fused-ring (bicyclic) bond motifs is 1. The summed E-state index contributed by atoms with van der Waals surface area (Å²) >= 11 is 0. The molecule has 2 aromatic carbocycles. The van der Waals surface area contributed by atoms with Crippen molar-refractivity contribution in [1.82, 2.24) is 30.6 Å². The van der Waals surface area contributed by atoms with Crippen LogP contribution in [0.3, 0.4) is 0 Å². The number of benzene rings is 2. The zero-order chi connectivity index (χ0) is 22.6. The topological polar surface area (TPSA) is 81.4 Å². The number of H-pyrrole nitrogens is 2. The van der Waals surface area contributed by atoms with Crippen LogP contribution in [-0.2, 0) is 0 Å². The molecule has 2 aliphatic heterocycles. The number of hydrogen-bond donors (Lipinski definition) is 4. The van der Waals surface area contributed by atoms with E-state index < -0.39 is 0 Å². The Morgan fingerprint density at radius 1 is 0.647 bits per heavy atom. The van der Waals surface area contributed by atoms with E-state index in [1.54, 1.807) is 0 Å². The molecule has 4 N–H and O–H groups in total. The van der Waals surface area contributed by atoms with Crippen LogP contribution in [0.1, 0.15) is 56.3 Å². The van der Waals surface area contributed by atoms with Crippen LogP contribution < -0.4 is 10.6 Å². The van der Waals surface area contributed by atoms with E-state index >= 15 is 0 Å². The number of nitrogens with zero attached hydrogens (tertiary/aromatic N) is 2. The van der Waals surface area contributed by atoms with E-state index in [1.165, 1.54) is 36.0 Å². The first-order valence-electron chi connectivity index (χ1n) is 12.5. The number of hydrogen-bond acceptors (Lipinski definition) is 4. The van der Waals surface area contributed by atoms with Crippen molar-refractivity contribution in [2.75, 3.05) is 0 Å². The first kappa shape index (κ1) is 20.2. The van der Waals surface area contributed by atoms with Gasteiger partial charge < -0.3 is 20.6 Å². The molecular formula is C28H30N6. The lowest BCUT2D eigenvalue weighted by molar-refractivity contribution is 0.543. The lowest BCUT2D eigenvalue weighted by Crippen LogP contribution is -2.21. The molecule has 3 fully saturated rings. The van der Waals surface area contributed by atoms with Gasteiger partial charge in [0.25, 0.3) is 0 Å². The highest BCUT2D eigenvalue weighted by molar-refractivity contribution is 5.71. The smallest absolute Gasteiger partial charge is 0.123 e. The van der Waals surface area contributed by atoms with E-state index in [0.717, 1.165) is 47.0 Å². The predicted molar refractivity (Wildman–Crippen MR) is 134 cm³/mol. The standard InChI is InChI=1S/C28H30N6/c1-16-2-11-22(31-16)27-29-14-25(33-27)19-7-3-17(4-8-19)18-5-9-20(10-6-18)26-15-30-28(34-26)24-13-21-12-23(21)32-24/h3-10,14-16,21-24,31-32H,2,11-13H2,1H3,(H,29,33)(H,30,34)/t16-,21?,22?,23-,24?/m0/s1. The van der Waals surface area contributed by atoms with Gasteiger partial charge in [0.15, 0.2) is 0 Å². The summed E-state index contributed by atoms with van der Waals surface area (Å²) in [6.45, 7) is 2.23. The normalized spacial score (nSPS) is 27.7. The Bertz CT molecular complexity index is 1200. The van der Waals surface area contributed by atoms with Crippen molar-refractivity contribution < 1.29 is 0 Å². The Hall–Kier alpha value is -3.22. The number of aromatic amines is 2. The molecule has 34 heavy (non-hydrogen) atoms. The van der Waals surface area contributed by atoms with Gasteiger partial charge in [0.05, 0.1) is 35.9 Å². The van der Waals surface area contributed by atoms with Crippen LogP contribution in [0.15, 0.2) is 60.9 Å². The molecule has 0 amide bonds. The number of piperidine rings is 1. The van der Waals surface area contributed by atoms with Gasteiger partial charge in [0.1, 0.15) is 11.6 Å². The minimum Gasteiger partial charge on any atom is -0.341 e. The van der Waals surface area contributed by atoms with Crippen molar-refractivity contribution in [3.05, 3.63) is 72.6 Å². The first-order chi connectivity index (χ1) is 16.7. The van der Waals surface area contributed by atoms with Gasteiger partial charge >= 0.3 is 0 Å². The molecular weight excluding hydrogens is 420 g/mol. The van der Waals surface area contributed by atoms with Crippen LogP contribution >= 0.6 is 0 Å². The Kier molecular flexibility index (Phi) is 4.71. The van der Waals surface area contributed by atoms with Crippen molar-refractivity contribution in [3.63, 3.8) is 0 Å². The van der Waals surface area contributed by atoms with Crippen LogP contribution in [0.2, 0.25) is 0 Å². The summed E-state index contributed by atoms with van der Waals surface area (Å²) in [7, 11) is 0. The maximum absolute atomic E-state index is 4.65. The first-order valence-corrected chi connectivity index (χ1v) is 12.5. The Morgan fingerprint density at radius 3 is 1.71 bits per heavy atom. The van der Waals surface area contributed by atoms with Crippen molar-refractivity contribution in [2.24, 2.45) is 5.92 Å². The van der Waals surface area contributed by atoms with Crippen LogP contribution in [0.5, 0.6) is 0 Å². The maximum atomic E-state index is 4.65. The number of imidazole rings is 2. The zero-order valence-electron chi connectivity index (χ0n) is 19.4. The quantitative estimate of drug-likeness (QED) is 0.330. The summed E-state index contributed by atoms with van der Waals surface area (Å²) in [5.41, 5.74) is 6.90. The summed E-state index contributed by atoms with van der Waals surface area (Å²) in [4.78, 5) is 16.3. The second kappa shape index (κ2) is 7.93. The molecule has 0 bridgehead atoms. The van der Waals surface area contributed by atoms with E-state index in [-0.39, 0.29) is 0 Å². The molecule has 1 saturated carbocycles. The molecule has 2 saturated heterocycles. The summed E-state index contributed by atoms with van der Waals surface area (Å²) in [6, 6.07) is 19.5. The Balaban J connectivity index is 1.05. The van der Waals surface area contributed by atoms with E-state index in [9.17, 15) is 0 Å². The Morgan fingerprint density at radius 2 is 1.21 bits per heavy atom. The molecule has 2 aromatic heterocycles. The molecule has 0 spiro atoms. The molecule has 172 valence electrons. The van der Waals surface area contributed by atoms with Gasteiger partial charge in [-0.3, -0.25) is 0 Å². The minimum absolute atomic E-state index is 0.340. The fourth-order valence-electron chi connectivity index (χ4n) is 5.68. The fraction of sp³-hybridized carbons (Fsp3) is 0.357. The van der Waals surface area contributed by atoms with Crippen molar-refractivity contribution >= 4 is 0 Å². The Labute approximate surface area is 199 Å². The summed E-state index contributed by atoms with van der Waals surface area (Å²) in [5.74, 6) is 2.98. The summed E-state index contributed by atoms with van der Waals surface area (Å²) < 4.78 is 0. The van der Waals surface area contributed by atoms with E-state index in [2.05, 4.69) is 86.0 Å². The van der Waals surface area contributed by atoms with Crippen LogP contribution in [0.25, 0.3) is 33.6 Å². The average molecular weight is 451 g/mol. The molecule has 4 heterocycles. The number of rotatable bonds is 5. The number of aromatic nitrogens is 4. The highest BCUT2D eigenvalue weighted by Crippen LogP contribution is 2.45. The molecule has 6 heteroatoms. The minimum atomic E-state index is 0.340. The second-order valence-corrected chi connectivity index (χ2v) is 10.3. The van der Waals surface area contributed by atoms with Gasteiger partial charge in [-0.1, -0.05) is 48.5 Å². The molecule has 6 nitrogen and oxygen atoms in total. The average Bonchev–Trinajstić information content (AvgIpc) is 3.44. The number of nitrogens with one attached hydrogen (secondary N) is 4. The highest BCUT2D eigenvalue weighted by Gasteiger charge is 2.46. The summed E-state index contributed by atoms with van der Waals surface area (Å²) in [5, 5.41) is 7.27. The SMILES string of the molecule is C[C@H]1CCC(c2ncc(-c3ccc(-c4ccc(-c5cnc(C6CC7C[C@@H]7N6)[nH]5)cc4)cc3)[nH]2)N1. The van der Waals surface area contributed by atoms with E-state index in [4.69, 9.17) is 0 Å². The van der Waals surface area contributed by atoms with Crippen molar-refractivity contribution in [3.8, 4) is 33.6 Å². The third-order valence-corrected chi connectivity index (χ3v) is 7.83. The van der Waals surface area contributed by atoms with Crippen LogP contribution in [-0.4, -0.2) is 32.0 Å². The van der Waals surface area contributed by atoms with Gasteiger partial charge in [0.2, 0.25) is 0 Å². The van der Waals surface area contributed by atoms with Crippen LogP contribution in [0.4, 0.5) is 0 Å². The third kappa shape index (κ3) is 3.67. The summed E-state index contributed by atoms with van der Waals surface area (Å²) in [6.07, 6.45) is 8.81. The zero-order valence-corrected chi connectivity index (χ0v) is 19.4. The second-order valence-electron chi connectivity index (χ2n) is 10.3. The third-order valence-electron chi connectivity index (χ3n) is 7.83. The molecule has 7 rings (SSSR count). The van der Waals surface area contributed by atoms with Crippen LogP contribution in [0, 0.1) is 5.92 Å². The molecule has 3 aliphatic rings. The van der Waals surface area contributed by atoms with Crippen molar-refractivity contribution in [2.45, 2.75) is 56.8 Å². The fourth-order valence-corrected chi connectivity index (χ4v) is 5.68. The van der Waals surface area contributed by atoms with E-state index in [1.807, 2.05) is 12.4 Å². The molecule has 4 aromatic rings. The van der Waals surface area contributed by atoms with Gasteiger partial charge in [-0.25, -0.2) is 9.97 Å². The molecule has 5 atom stereocenters. The molecule has 3 unspecified atom stereocenters. The lowest BCUT2D eigenvalue weighted by atomic mass is 10.0.